The number of carbonyl (C=O) groups is 1. The summed E-state index contributed by atoms with van der Waals surface area (Å²) in [7, 11) is 0. The zero-order valence-electron chi connectivity index (χ0n) is 16.6. The van der Waals surface area contributed by atoms with Crippen molar-refractivity contribution in [3.05, 3.63) is 42.5 Å². The van der Waals surface area contributed by atoms with Gasteiger partial charge in [-0.05, 0) is 74.1 Å². The van der Waals surface area contributed by atoms with E-state index in [4.69, 9.17) is 4.74 Å². The Morgan fingerprint density at radius 3 is 2.67 bits per heavy atom. The molecule has 0 saturated carbocycles. The van der Waals surface area contributed by atoms with Crippen LogP contribution in [0.25, 0.3) is 10.8 Å². The third kappa shape index (κ3) is 5.70. The van der Waals surface area contributed by atoms with Crippen LogP contribution in [0.4, 0.5) is 0 Å². The fourth-order valence-electron chi connectivity index (χ4n) is 3.64. The van der Waals surface area contributed by atoms with Crippen molar-refractivity contribution in [2.45, 2.75) is 45.6 Å². The summed E-state index contributed by atoms with van der Waals surface area (Å²) in [5.41, 5.74) is 0. The minimum absolute atomic E-state index is 0.0158. The number of nitrogens with zero attached hydrogens (tertiary/aromatic N) is 1. The molecule has 2 aromatic carbocycles. The highest BCUT2D eigenvalue weighted by Gasteiger charge is 2.19. The Morgan fingerprint density at radius 2 is 1.93 bits per heavy atom. The monoisotopic (exact) mass is 368 g/mol. The van der Waals surface area contributed by atoms with Crippen LogP contribution < -0.4 is 10.1 Å². The van der Waals surface area contributed by atoms with Gasteiger partial charge < -0.3 is 15.0 Å². The number of benzene rings is 2. The molecule has 1 aliphatic heterocycles. The van der Waals surface area contributed by atoms with Gasteiger partial charge in [-0.1, -0.05) is 44.2 Å². The van der Waals surface area contributed by atoms with Gasteiger partial charge >= 0.3 is 0 Å². The van der Waals surface area contributed by atoms with E-state index in [-0.39, 0.29) is 5.91 Å². The maximum atomic E-state index is 12.5. The second-order valence-electron chi connectivity index (χ2n) is 7.69. The molecule has 3 rings (SSSR count). The molecule has 0 aliphatic carbocycles. The first-order chi connectivity index (χ1) is 13.2. The number of hydrogen-bond acceptors (Lipinski definition) is 3. The smallest absolute Gasteiger partial charge is 0.261 e. The first-order valence-corrected chi connectivity index (χ1v) is 10.3. The van der Waals surface area contributed by atoms with Gasteiger partial charge in [-0.2, -0.15) is 0 Å². The molecule has 27 heavy (non-hydrogen) atoms. The quantitative estimate of drug-likeness (QED) is 0.709. The minimum Gasteiger partial charge on any atom is -0.481 e. The van der Waals surface area contributed by atoms with Crippen LogP contribution in [-0.4, -0.2) is 43.1 Å². The predicted octanol–water partition coefficient (Wildman–Crippen LogP) is 4.24. The topological polar surface area (TPSA) is 41.6 Å². The number of rotatable bonds is 8. The highest BCUT2D eigenvalue weighted by atomic mass is 16.5. The number of piperidine rings is 1. The van der Waals surface area contributed by atoms with Crippen LogP contribution in [0.15, 0.2) is 42.5 Å². The molecule has 0 aromatic heterocycles. The van der Waals surface area contributed by atoms with E-state index in [0.29, 0.717) is 13.0 Å². The molecule has 1 unspecified atom stereocenters. The van der Waals surface area contributed by atoms with Crippen molar-refractivity contribution in [3.63, 3.8) is 0 Å². The maximum absolute atomic E-state index is 12.5. The molecule has 0 radical (unpaired) electrons. The summed E-state index contributed by atoms with van der Waals surface area (Å²) in [6, 6.07) is 14.2. The summed E-state index contributed by atoms with van der Waals surface area (Å²) < 4.78 is 5.97. The predicted molar refractivity (Wildman–Crippen MR) is 111 cm³/mol. The summed E-state index contributed by atoms with van der Waals surface area (Å²) >= 11 is 0. The van der Waals surface area contributed by atoms with Crippen molar-refractivity contribution in [2.75, 3.05) is 26.2 Å². The summed E-state index contributed by atoms with van der Waals surface area (Å²) in [5, 5.41) is 5.35. The Morgan fingerprint density at radius 1 is 1.19 bits per heavy atom. The van der Waals surface area contributed by atoms with E-state index in [1.807, 2.05) is 37.3 Å². The third-order valence-electron chi connectivity index (χ3n) is 5.49. The summed E-state index contributed by atoms with van der Waals surface area (Å²) in [5.74, 6) is 1.59. The maximum Gasteiger partial charge on any atom is 0.261 e. The Balaban J connectivity index is 1.44. The van der Waals surface area contributed by atoms with Crippen molar-refractivity contribution in [1.82, 2.24) is 10.2 Å². The average molecular weight is 369 g/mol. The lowest BCUT2D eigenvalue weighted by atomic mass is 9.99. The van der Waals surface area contributed by atoms with E-state index in [1.54, 1.807) is 0 Å². The van der Waals surface area contributed by atoms with Crippen LogP contribution in [-0.2, 0) is 4.79 Å². The number of fused-ring (bicyclic) bond motifs is 1. The summed E-state index contributed by atoms with van der Waals surface area (Å²) in [6.07, 6.45) is 3.80. The van der Waals surface area contributed by atoms with E-state index in [1.165, 1.54) is 31.3 Å². The SMILES string of the molecule is CCC(Oc1ccc2ccccc2c1)C(=O)NCCCN1CCC(C)CC1. The van der Waals surface area contributed by atoms with Crippen molar-refractivity contribution < 1.29 is 9.53 Å². The first-order valence-electron chi connectivity index (χ1n) is 10.3. The normalized spacial score (nSPS) is 17.0. The van der Waals surface area contributed by atoms with Gasteiger partial charge in [0.05, 0.1) is 0 Å². The summed E-state index contributed by atoms with van der Waals surface area (Å²) in [6.45, 7) is 8.48. The number of likely N-dealkylation sites (tertiary alicyclic amines) is 1. The zero-order valence-corrected chi connectivity index (χ0v) is 16.6. The molecule has 0 spiro atoms. The number of amides is 1. The second-order valence-corrected chi connectivity index (χ2v) is 7.69. The molecule has 4 nitrogen and oxygen atoms in total. The summed E-state index contributed by atoms with van der Waals surface area (Å²) in [4.78, 5) is 15.0. The van der Waals surface area contributed by atoms with E-state index in [2.05, 4.69) is 29.3 Å². The second kappa shape index (κ2) is 9.75. The number of hydrogen-bond donors (Lipinski definition) is 1. The fraction of sp³-hybridized carbons (Fsp3) is 0.522. The standard InChI is InChI=1S/C23H32N2O2/c1-3-22(27-21-10-9-19-7-4-5-8-20(19)17-21)23(26)24-13-6-14-25-15-11-18(2)12-16-25/h4-5,7-10,17-18,22H,3,6,11-16H2,1-2H3,(H,24,26). The van der Waals surface area contributed by atoms with Gasteiger partial charge in [0, 0.05) is 6.54 Å². The van der Waals surface area contributed by atoms with E-state index < -0.39 is 6.10 Å². The van der Waals surface area contributed by atoms with Crippen LogP contribution in [0.5, 0.6) is 5.75 Å². The van der Waals surface area contributed by atoms with Crippen LogP contribution >= 0.6 is 0 Å². The molecule has 1 saturated heterocycles. The van der Waals surface area contributed by atoms with E-state index in [0.717, 1.165) is 30.0 Å². The van der Waals surface area contributed by atoms with Crippen LogP contribution in [0.1, 0.15) is 39.5 Å². The van der Waals surface area contributed by atoms with Crippen molar-refractivity contribution in [1.29, 1.82) is 0 Å². The molecule has 1 heterocycles. The Bertz CT molecular complexity index is 738. The van der Waals surface area contributed by atoms with E-state index >= 15 is 0 Å². The molecule has 146 valence electrons. The van der Waals surface area contributed by atoms with Crippen LogP contribution in [0.3, 0.4) is 0 Å². The molecule has 1 aliphatic rings. The van der Waals surface area contributed by atoms with Crippen molar-refractivity contribution in [2.24, 2.45) is 5.92 Å². The Hall–Kier alpha value is -2.07. The van der Waals surface area contributed by atoms with Crippen molar-refractivity contribution in [3.8, 4) is 5.75 Å². The number of carbonyl (C=O) groups excluding carboxylic acids is 1. The lowest BCUT2D eigenvalue weighted by Gasteiger charge is -2.30. The van der Waals surface area contributed by atoms with Gasteiger partial charge in [-0.15, -0.1) is 0 Å². The highest BCUT2D eigenvalue weighted by molar-refractivity contribution is 5.84. The van der Waals surface area contributed by atoms with Gasteiger partial charge in [-0.3, -0.25) is 4.79 Å². The number of ether oxygens (including phenoxy) is 1. The van der Waals surface area contributed by atoms with Gasteiger partial charge in [-0.25, -0.2) is 0 Å². The molecule has 1 amide bonds. The molecule has 1 atom stereocenters. The van der Waals surface area contributed by atoms with E-state index in [9.17, 15) is 4.79 Å². The van der Waals surface area contributed by atoms with Crippen LogP contribution in [0, 0.1) is 5.92 Å². The largest absolute Gasteiger partial charge is 0.481 e. The molecule has 1 N–H and O–H groups in total. The molecule has 2 aromatic rings. The first kappa shape index (κ1) is 19.7. The van der Waals surface area contributed by atoms with Gasteiger partial charge in [0.25, 0.3) is 5.91 Å². The van der Waals surface area contributed by atoms with Gasteiger partial charge in [0.15, 0.2) is 6.10 Å². The molecule has 0 bridgehead atoms. The molecule has 1 fully saturated rings. The van der Waals surface area contributed by atoms with Gasteiger partial charge in [0.1, 0.15) is 5.75 Å². The Labute approximate surface area is 162 Å². The van der Waals surface area contributed by atoms with Gasteiger partial charge in [0.2, 0.25) is 0 Å². The highest BCUT2D eigenvalue weighted by Crippen LogP contribution is 2.22. The molecule has 4 heteroatoms. The number of nitrogens with one attached hydrogen (secondary N) is 1. The average Bonchev–Trinajstić information content (AvgIpc) is 2.70. The lowest BCUT2D eigenvalue weighted by molar-refractivity contribution is -0.128. The molecular formula is C23H32N2O2. The minimum atomic E-state index is -0.443. The van der Waals surface area contributed by atoms with Crippen LogP contribution in [0.2, 0.25) is 0 Å². The Kier molecular flexibility index (Phi) is 7.11. The fourth-order valence-corrected chi connectivity index (χ4v) is 3.64. The third-order valence-corrected chi connectivity index (χ3v) is 5.49. The molecular weight excluding hydrogens is 336 g/mol. The zero-order chi connectivity index (χ0) is 19.1. The lowest BCUT2D eigenvalue weighted by Crippen LogP contribution is -2.40. The van der Waals surface area contributed by atoms with Crippen molar-refractivity contribution >= 4 is 16.7 Å².